The molecule has 7 heteroatoms. The third kappa shape index (κ3) is 3.42. The van der Waals surface area contributed by atoms with Gasteiger partial charge in [-0.05, 0) is 12.1 Å². The van der Waals surface area contributed by atoms with Gasteiger partial charge in [0.25, 0.3) is 0 Å². The van der Waals surface area contributed by atoms with Crippen molar-refractivity contribution in [3.05, 3.63) is 27.2 Å². The van der Waals surface area contributed by atoms with E-state index < -0.39 is 12.0 Å². The number of hydrogen-bond acceptors (Lipinski definition) is 3. The second kappa shape index (κ2) is 5.59. The van der Waals surface area contributed by atoms with Crippen LogP contribution in [0.4, 0.5) is 5.69 Å². The van der Waals surface area contributed by atoms with E-state index in [1.807, 2.05) is 0 Å². The zero-order chi connectivity index (χ0) is 12.3. The second-order valence-electron chi connectivity index (χ2n) is 3.07. The van der Waals surface area contributed by atoms with Crippen molar-refractivity contribution in [2.45, 2.75) is 6.04 Å². The molecule has 88 valence electrons. The Kier molecular flexibility index (Phi) is 4.68. The number of anilines is 1. The van der Waals surface area contributed by atoms with Crippen molar-refractivity contribution in [3.8, 4) is 0 Å². The smallest absolute Gasteiger partial charge is 0.322 e. The molecule has 0 amide bonds. The molecular formula is C9H9Cl3N2O2. The molecule has 0 aliphatic carbocycles. The van der Waals surface area contributed by atoms with Crippen LogP contribution in [0.1, 0.15) is 0 Å². The topological polar surface area (TPSA) is 75.3 Å². The fraction of sp³-hybridized carbons (Fsp3) is 0.222. The maximum absolute atomic E-state index is 10.5. The number of carbonyl (C=O) groups is 1. The minimum atomic E-state index is -1.09. The van der Waals surface area contributed by atoms with Crippen LogP contribution in [0.3, 0.4) is 0 Å². The summed E-state index contributed by atoms with van der Waals surface area (Å²) in [5.41, 5.74) is 5.81. The predicted octanol–water partition coefficient (Wildman–Crippen LogP) is 2.47. The van der Waals surface area contributed by atoms with E-state index in [1.54, 1.807) is 0 Å². The van der Waals surface area contributed by atoms with Crippen LogP contribution < -0.4 is 11.1 Å². The molecule has 1 unspecified atom stereocenters. The summed E-state index contributed by atoms with van der Waals surface area (Å²) in [6, 6.07) is 1.98. The molecule has 0 aliphatic rings. The molecule has 4 nitrogen and oxygen atoms in total. The van der Waals surface area contributed by atoms with E-state index in [0.717, 1.165) is 0 Å². The molecule has 0 saturated heterocycles. The molecule has 0 heterocycles. The van der Waals surface area contributed by atoms with Gasteiger partial charge < -0.3 is 16.2 Å². The Labute approximate surface area is 107 Å². The molecule has 0 saturated carbocycles. The quantitative estimate of drug-likeness (QED) is 0.742. The summed E-state index contributed by atoms with van der Waals surface area (Å²) in [5, 5.41) is 12.4. The minimum absolute atomic E-state index is 0.0486. The lowest BCUT2D eigenvalue weighted by Gasteiger charge is -2.11. The van der Waals surface area contributed by atoms with Gasteiger partial charge in [0, 0.05) is 6.54 Å². The van der Waals surface area contributed by atoms with E-state index in [0.29, 0.717) is 20.8 Å². The van der Waals surface area contributed by atoms with Gasteiger partial charge in [0.2, 0.25) is 0 Å². The van der Waals surface area contributed by atoms with Crippen LogP contribution in [0, 0.1) is 0 Å². The highest BCUT2D eigenvalue weighted by Gasteiger charge is 2.12. The van der Waals surface area contributed by atoms with Crippen molar-refractivity contribution < 1.29 is 9.90 Å². The molecule has 0 bridgehead atoms. The number of aliphatic carboxylic acids is 1. The average Bonchev–Trinajstić information content (AvgIpc) is 2.20. The molecule has 1 aromatic carbocycles. The number of rotatable bonds is 4. The third-order valence-corrected chi connectivity index (χ3v) is 2.87. The van der Waals surface area contributed by atoms with Crippen molar-refractivity contribution in [3.63, 3.8) is 0 Å². The Balaban J connectivity index is 2.74. The van der Waals surface area contributed by atoms with Gasteiger partial charge >= 0.3 is 5.97 Å². The van der Waals surface area contributed by atoms with Crippen LogP contribution in [0.2, 0.25) is 15.1 Å². The molecule has 0 radical (unpaired) electrons. The minimum Gasteiger partial charge on any atom is -0.480 e. The molecular weight excluding hydrogens is 274 g/mol. The largest absolute Gasteiger partial charge is 0.480 e. The molecule has 1 atom stereocenters. The van der Waals surface area contributed by atoms with E-state index in [4.69, 9.17) is 45.6 Å². The van der Waals surface area contributed by atoms with Crippen LogP contribution >= 0.6 is 34.8 Å². The first kappa shape index (κ1) is 13.4. The van der Waals surface area contributed by atoms with E-state index in [-0.39, 0.29) is 6.54 Å². The highest BCUT2D eigenvalue weighted by atomic mass is 35.5. The molecule has 1 aromatic rings. The van der Waals surface area contributed by atoms with Crippen molar-refractivity contribution in [1.82, 2.24) is 0 Å². The van der Waals surface area contributed by atoms with Crippen molar-refractivity contribution in [2.75, 3.05) is 11.9 Å². The van der Waals surface area contributed by atoms with Gasteiger partial charge in [-0.3, -0.25) is 4.79 Å². The summed E-state index contributed by atoms with van der Waals surface area (Å²) in [4.78, 5) is 10.5. The Bertz CT molecular complexity index is 412. The molecule has 0 aliphatic heterocycles. The highest BCUT2D eigenvalue weighted by molar-refractivity contribution is 6.44. The standard InChI is InChI=1S/C9H9Cl3N2O2/c10-4-1-6(12)8(2-5(4)11)14-3-7(13)9(15)16/h1-2,7,14H,3,13H2,(H,15,16). The Hall–Kier alpha value is -0.680. The van der Waals surface area contributed by atoms with Gasteiger partial charge in [0.1, 0.15) is 6.04 Å². The Morgan fingerprint density at radius 3 is 2.44 bits per heavy atom. The normalized spacial score (nSPS) is 12.2. The Morgan fingerprint density at radius 1 is 1.31 bits per heavy atom. The van der Waals surface area contributed by atoms with Gasteiger partial charge in [0.15, 0.2) is 0 Å². The van der Waals surface area contributed by atoms with Crippen molar-refractivity contribution in [1.29, 1.82) is 0 Å². The maximum atomic E-state index is 10.5. The molecule has 0 spiro atoms. The monoisotopic (exact) mass is 282 g/mol. The first-order valence-electron chi connectivity index (χ1n) is 4.28. The fourth-order valence-corrected chi connectivity index (χ4v) is 1.58. The first-order valence-corrected chi connectivity index (χ1v) is 5.42. The lowest BCUT2D eigenvalue weighted by molar-refractivity contribution is -0.138. The predicted molar refractivity (Wildman–Crippen MR) is 65.6 cm³/mol. The van der Waals surface area contributed by atoms with Crippen LogP contribution in [0.5, 0.6) is 0 Å². The van der Waals surface area contributed by atoms with Crippen LogP contribution in [-0.4, -0.2) is 23.7 Å². The number of nitrogens with two attached hydrogens (primary N) is 1. The van der Waals surface area contributed by atoms with Crippen molar-refractivity contribution in [2.24, 2.45) is 5.73 Å². The second-order valence-corrected chi connectivity index (χ2v) is 4.29. The number of carboxylic acid groups (broad SMARTS) is 1. The maximum Gasteiger partial charge on any atom is 0.322 e. The zero-order valence-electron chi connectivity index (χ0n) is 8.01. The summed E-state index contributed by atoms with van der Waals surface area (Å²) in [6.07, 6.45) is 0. The number of halogens is 3. The lowest BCUT2D eigenvalue weighted by atomic mass is 10.2. The van der Waals surface area contributed by atoms with E-state index in [9.17, 15) is 4.79 Å². The number of hydrogen-bond donors (Lipinski definition) is 3. The van der Waals surface area contributed by atoms with E-state index in [2.05, 4.69) is 5.32 Å². The van der Waals surface area contributed by atoms with Gasteiger partial charge in [0.05, 0.1) is 20.8 Å². The SMILES string of the molecule is NC(CNc1cc(Cl)c(Cl)cc1Cl)C(=O)O. The van der Waals surface area contributed by atoms with E-state index >= 15 is 0 Å². The van der Waals surface area contributed by atoms with Crippen LogP contribution in [0.15, 0.2) is 12.1 Å². The summed E-state index contributed by atoms with van der Waals surface area (Å²) < 4.78 is 0. The lowest BCUT2D eigenvalue weighted by Crippen LogP contribution is -2.36. The molecule has 0 fully saturated rings. The molecule has 16 heavy (non-hydrogen) atoms. The van der Waals surface area contributed by atoms with Gasteiger partial charge in [-0.15, -0.1) is 0 Å². The summed E-state index contributed by atoms with van der Waals surface area (Å²) in [7, 11) is 0. The number of nitrogens with one attached hydrogen (secondary N) is 1. The number of carboxylic acids is 1. The first-order chi connectivity index (χ1) is 7.41. The van der Waals surface area contributed by atoms with Crippen LogP contribution in [0.25, 0.3) is 0 Å². The molecule has 1 rings (SSSR count). The van der Waals surface area contributed by atoms with Crippen LogP contribution in [-0.2, 0) is 4.79 Å². The van der Waals surface area contributed by atoms with Gasteiger partial charge in [-0.25, -0.2) is 0 Å². The zero-order valence-corrected chi connectivity index (χ0v) is 10.3. The fourth-order valence-electron chi connectivity index (χ4n) is 0.965. The van der Waals surface area contributed by atoms with Gasteiger partial charge in [-0.1, -0.05) is 34.8 Å². The molecule has 4 N–H and O–H groups in total. The average molecular weight is 284 g/mol. The van der Waals surface area contributed by atoms with E-state index in [1.165, 1.54) is 12.1 Å². The highest BCUT2D eigenvalue weighted by Crippen LogP contribution is 2.32. The summed E-state index contributed by atoms with van der Waals surface area (Å²) >= 11 is 17.4. The Morgan fingerprint density at radius 2 is 1.88 bits per heavy atom. The summed E-state index contributed by atoms with van der Waals surface area (Å²) in [5.74, 6) is -1.09. The summed E-state index contributed by atoms with van der Waals surface area (Å²) in [6.45, 7) is 0.0486. The number of benzene rings is 1. The van der Waals surface area contributed by atoms with Gasteiger partial charge in [-0.2, -0.15) is 0 Å². The van der Waals surface area contributed by atoms with Crippen molar-refractivity contribution >= 4 is 46.5 Å². The third-order valence-electron chi connectivity index (χ3n) is 1.84. The molecule has 0 aromatic heterocycles.